The highest BCUT2D eigenvalue weighted by atomic mass is 127. The van der Waals surface area contributed by atoms with Crippen LogP contribution in [-0.4, -0.2) is 43.1 Å². The van der Waals surface area contributed by atoms with Gasteiger partial charge >= 0.3 is 17.9 Å². The number of benzene rings is 3. The third-order valence-electron chi connectivity index (χ3n) is 8.99. The number of carbonyl (C=O) groups is 4. The molecule has 0 aliphatic carbocycles. The molecule has 1 amide bonds. The van der Waals surface area contributed by atoms with Gasteiger partial charge in [0.1, 0.15) is 9.75 Å². The van der Waals surface area contributed by atoms with Crippen LogP contribution in [0.25, 0.3) is 0 Å². The summed E-state index contributed by atoms with van der Waals surface area (Å²) in [7, 11) is 2.70. The number of carbonyl (C=O) groups excluding carboxylic acids is 3. The molecule has 290 valence electrons. The minimum Gasteiger partial charge on any atom is -0.481 e. The van der Waals surface area contributed by atoms with E-state index < -0.39 is 17.9 Å². The lowest BCUT2D eigenvalue weighted by Gasteiger charge is -2.21. The van der Waals surface area contributed by atoms with E-state index in [-0.39, 0.29) is 28.6 Å². The number of rotatable bonds is 11. The Bertz CT molecular complexity index is 2070. The van der Waals surface area contributed by atoms with Gasteiger partial charge in [0, 0.05) is 19.0 Å². The molecule has 0 saturated heterocycles. The van der Waals surface area contributed by atoms with Crippen molar-refractivity contribution in [2.75, 3.05) is 19.5 Å². The van der Waals surface area contributed by atoms with E-state index in [1.54, 1.807) is 18.2 Å². The van der Waals surface area contributed by atoms with Crippen LogP contribution in [0.4, 0.5) is 5.69 Å². The van der Waals surface area contributed by atoms with E-state index in [4.69, 9.17) is 4.74 Å². The number of hydrogen-bond acceptors (Lipinski definition) is 8. The van der Waals surface area contributed by atoms with Crippen LogP contribution in [0.5, 0.6) is 0 Å². The Morgan fingerprint density at radius 3 is 1.40 bits per heavy atom. The highest BCUT2D eigenvalue weighted by Crippen LogP contribution is 2.31. The van der Waals surface area contributed by atoms with Crippen molar-refractivity contribution in [1.82, 2.24) is 0 Å². The van der Waals surface area contributed by atoms with Crippen molar-refractivity contribution in [3.8, 4) is 0 Å². The maximum absolute atomic E-state index is 13.3. The predicted molar refractivity (Wildman–Crippen MR) is 230 cm³/mol. The summed E-state index contributed by atoms with van der Waals surface area (Å²) >= 11 is 4.88. The van der Waals surface area contributed by atoms with Crippen molar-refractivity contribution in [1.29, 1.82) is 0 Å². The summed E-state index contributed by atoms with van der Waals surface area (Å²) in [5.41, 5.74) is 4.94. The van der Waals surface area contributed by atoms with Gasteiger partial charge in [-0.15, -0.1) is 22.7 Å². The number of amides is 1. The molecular weight excluding hydrogens is 846 g/mol. The van der Waals surface area contributed by atoms with E-state index in [9.17, 15) is 24.3 Å². The first kappa shape index (κ1) is 43.4. The molecule has 0 aliphatic heterocycles. The molecule has 2 atom stereocenters. The predicted octanol–water partition coefficient (Wildman–Crippen LogP) is 10.6. The van der Waals surface area contributed by atoms with Crippen LogP contribution in [-0.2, 0) is 42.7 Å². The Balaban J connectivity index is 0.000000253. The molecule has 2 N–H and O–H groups in total. The number of halogens is 1. The minimum absolute atomic E-state index is 0.0282. The van der Waals surface area contributed by atoms with Crippen molar-refractivity contribution in [2.24, 2.45) is 0 Å². The van der Waals surface area contributed by atoms with Crippen molar-refractivity contribution in [3.63, 3.8) is 0 Å². The van der Waals surface area contributed by atoms with Gasteiger partial charge in [0.2, 0.25) is 5.91 Å². The van der Waals surface area contributed by atoms with Gasteiger partial charge in [-0.25, -0.2) is 9.59 Å². The Labute approximate surface area is 345 Å². The van der Waals surface area contributed by atoms with Gasteiger partial charge in [-0.1, -0.05) is 90.1 Å². The molecule has 2 aromatic heterocycles. The van der Waals surface area contributed by atoms with E-state index in [0.29, 0.717) is 22.6 Å². The quantitative estimate of drug-likeness (QED) is 0.100. The van der Waals surface area contributed by atoms with Crippen molar-refractivity contribution in [2.45, 2.75) is 77.0 Å². The van der Waals surface area contributed by atoms with Gasteiger partial charge in [-0.3, -0.25) is 9.59 Å². The van der Waals surface area contributed by atoms with E-state index >= 15 is 0 Å². The van der Waals surface area contributed by atoms with Crippen molar-refractivity contribution in [3.05, 3.63) is 142 Å². The van der Waals surface area contributed by atoms with Crippen LogP contribution in [0.15, 0.2) is 97.1 Å². The van der Waals surface area contributed by atoms with Gasteiger partial charge < -0.3 is 19.9 Å². The average Bonchev–Trinajstić information content (AvgIpc) is 3.83. The van der Waals surface area contributed by atoms with Crippen LogP contribution in [0.2, 0.25) is 0 Å². The SMILES string of the molecule is COC(=O)c1ccc(CC(C(=O)Nc2ccc(I)cc2)c2ccc(C(C)(C)C)cc2)s1.COC(=O)c1ccc(CC(C(=O)O)c2ccc(C(C)(C)C)cc2)s1. The zero-order chi connectivity index (χ0) is 40.5. The van der Waals surface area contributed by atoms with E-state index in [1.165, 1.54) is 48.0 Å². The summed E-state index contributed by atoms with van der Waals surface area (Å²) in [6.45, 7) is 12.9. The number of aliphatic carboxylic acids is 1. The number of methoxy groups -OCH3 is 2. The molecule has 55 heavy (non-hydrogen) atoms. The largest absolute Gasteiger partial charge is 0.481 e. The van der Waals surface area contributed by atoms with E-state index in [0.717, 1.165) is 30.1 Å². The van der Waals surface area contributed by atoms with E-state index in [1.807, 2.05) is 66.7 Å². The summed E-state index contributed by atoms with van der Waals surface area (Å²) in [5, 5.41) is 12.6. The van der Waals surface area contributed by atoms with Gasteiger partial charge in [-0.05, 0) is 117 Å². The topological polar surface area (TPSA) is 119 Å². The van der Waals surface area contributed by atoms with Gasteiger partial charge in [0.15, 0.2) is 0 Å². The summed E-state index contributed by atoms with van der Waals surface area (Å²) in [6, 6.07) is 30.8. The van der Waals surface area contributed by atoms with Crippen LogP contribution in [0.3, 0.4) is 0 Å². The molecule has 3 aromatic carbocycles. The molecule has 2 heterocycles. The fraction of sp³-hybridized carbons (Fsp3) is 0.318. The zero-order valence-corrected chi connectivity index (χ0v) is 36.2. The Morgan fingerprint density at radius 2 is 1.02 bits per heavy atom. The molecule has 0 fully saturated rings. The second-order valence-corrected chi connectivity index (χ2v) is 18.7. The fourth-order valence-electron chi connectivity index (χ4n) is 5.70. The van der Waals surface area contributed by atoms with Gasteiger partial charge in [0.05, 0.1) is 26.1 Å². The number of esters is 2. The third-order valence-corrected chi connectivity index (χ3v) is 11.9. The smallest absolute Gasteiger partial charge is 0.348 e. The standard InChI is InChI=1S/C25H26INO3S.C19H22O4S/c1-25(2,3)17-7-5-16(6-8-17)21(15-20-13-14-22(31-20)24(29)30-4)23(28)27-19-11-9-18(26)10-12-19;1-19(2,3)13-7-5-12(6-8-13)15(17(20)21)11-14-9-10-16(24-14)18(22)23-4/h5-14,21H,15H2,1-4H3,(H,27,28);5-10,15H,11H2,1-4H3,(H,20,21). The third kappa shape index (κ3) is 12.3. The average molecular weight is 894 g/mol. The number of thiophene rings is 2. The summed E-state index contributed by atoms with van der Waals surface area (Å²) in [6.07, 6.45) is 0.860. The molecule has 0 saturated carbocycles. The number of ether oxygens (including phenoxy) is 2. The molecule has 5 rings (SSSR count). The number of carboxylic acids is 1. The molecule has 2 unspecified atom stereocenters. The second-order valence-electron chi connectivity index (χ2n) is 15.1. The summed E-state index contributed by atoms with van der Waals surface area (Å²) < 4.78 is 10.6. The monoisotopic (exact) mass is 893 g/mol. The summed E-state index contributed by atoms with van der Waals surface area (Å²) in [5.74, 6) is -2.71. The second kappa shape index (κ2) is 19.0. The minimum atomic E-state index is -0.869. The van der Waals surface area contributed by atoms with Gasteiger partial charge in [0.25, 0.3) is 0 Å². The molecule has 8 nitrogen and oxygen atoms in total. The maximum Gasteiger partial charge on any atom is 0.348 e. The Morgan fingerprint density at radius 1 is 0.618 bits per heavy atom. The van der Waals surface area contributed by atoms with Crippen LogP contribution in [0.1, 0.15) is 105 Å². The number of nitrogens with one attached hydrogen (secondary N) is 1. The first-order chi connectivity index (χ1) is 25.9. The number of carboxylic acid groups (broad SMARTS) is 1. The van der Waals surface area contributed by atoms with Crippen LogP contribution in [0, 0.1) is 3.57 Å². The van der Waals surface area contributed by atoms with Crippen LogP contribution < -0.4 is 5.32 Å². The molecule has 0 radical (unpaired) electrons. The maximum atomic E-state index is 13.3. The first-order valence-electron chi connectivity index (χ1n) is 17.7. The molecule has 0 spiro atoms. The highest BCUT2D eigenvalue weighted by molar-refractivity contribution is 14.1. The summed E-state index contributed by atoms with van der Waals surface area (Å²) in [4.78, 5) is 51.2. The molecule has 5 aromatic rings. The van der Waals surface area contributed by atoms with Crippen LogP contribution >= 0.6 is 45.3 Å². The lowest BCUT2D eigenvalue weighted by molar-refractivity contribution is -0.138. The number of hydrogen-bond donors (Lipinski definition) is 2. The Kier molecular flexibility index (Phi) is 15.0. The normalized spacial score (nSPS) is 12.5. The molecule has 0 aliphatic rings. The van der Waals surface area contributed by atoms with Gasteiger partial charge in [-0.2, -0.15) is 0 Å². The lowest BCUT2D eigenvalue weighted by Crippen LogP contribution is -2.23. The number of anilines is 1. The first-order valence-corrected chi connectivity index (χ1v) is 20.4. The van der Waals surface area contributed by atoms with Crippen molar-refractivity contribution < 1.29 is 33.8 Å². The zero-order valence-electron chi connectivity index (χ0n) is 32.4. The van der Waals surface area contributed by atoms with E-state index in [2.05, 4.69) is 86.3 Å². The fourth-order valence-corrected chi connectivity index (χ4v) is 8.00. The molecule has 11 heteroatoms. The molecule has 0 bridgehead atoms. The van der Waals surface area contributed by atoms with Crippen molar-refractivity contribution >= 4 is 74.8 Å². The molecular formula is C44H48INO7S2. The lowest BCUT2D eigenvalue weighted by atomic mass is 9.85. The highest BCUT2D eigenvalue weighted by Gasteiger charge is 2.25. The Hall–Kier alpha value is -4.33.